The number of hydrogen-bond acceptors (Lipinski definition) is 5. The zero-order valence-electron chi connectivity index (χ0n) is 14.0. The van der Waals surface area contributed by atoms with E-state index in [9.17, 15) is 14.7 Å². The van der Waals surface area contributed by atoms with Crippen molar-refractivity contribution in [3.63, 3.8) is 0 Å². The van der Waals surface area contributed by atoms with Gasteiger partial charge in [0.05, 0.1) is 29.6 Å². The zero-order valence-corrected chi connectivity index (χ0v) is 15.6. The predicted octanol–water partition coefficient (Wildman–Crippen LogP) is 2.55. The van der Waals surface area contributed by atoms with E-state index in [2.05, 4.69) is 33.2 Å². The summed E-state index contributed by atoms with van der Waals surface area (Å²) in [6.07, 6.45) is 6.87. The third kappa shape index (κ3) is 2.06. The van der Waals surface area contributed by atoms with Gasteiger partial charge in [0, 0.05) is 0 Å². The summed E-state index contributed by atoms with van der Waals surface area (Å²) in [6, 6.07) is 3.25. The maximum absolute atomic E-state index is 12.9. The lowest BCUT2D eigenvalue weighted by molar-refractivity contribution is -0.140. The molecule has 2 bridgehead atoms. The highest BCUT2D eigenvalue weighted by atomic mass is 79.9. The standard InChI is InChI=1S/C19H17BrN2O4/c1-26-14-5-8(4-13(20)17(14)23)7-21-22-18(24)15-9-2-3-10(12-6-11(9)12)16(15)19(22)25/h2-5,7,9-12,15-16,23H,6H2,1H3/b21-7+/t9-,10+,11+,12-,15+,16-. The molecule has 1 aromatic carbocycles. The van der Waals surface area contributed by atoms with Crippen LogP contribution < -0.4 is 4.74 Å². The summed E-state index contributed by atoms with van der Waals surface area (Å²) in [7, 11) is 1.45. The zero-order chi connectivity index (χ0) is 18.2. The highest BCUT2D eigenvalue weighted by molar-refractivity contribution is 9.10. The molecular weight excluding hydrogens is 400 g/mol. The van der Waals surface area contributed by atoms with E-state index < -0.39 is 0 Å². The van der Waals surface area contributed by atoms with Crippen LogP contribution in [0.15, 0.2) is 33.9 Å². The number of allylic oxidation sites excluding steroid dienone is 2. The number of ether oxygens (including phenoxy) is 1. The summed E-state index contributed by atoms with van der Waals surface area (Å²) in [5.74, 6) is 0.926. The normalized spacial score (nSPS) is 36.6. The summed E-state index contributed by atoms with van der Waals surface area (Å²) in [4.78, 5) is 25.7. The van der Waals surface area contributed by atoms with Crippen LogP contribution in [0.3, 0.4) is 0 Å². The number of rotatable bonds is 3. The van der Waals surface area contributed by atoms with E-state index in [1.165, 1.54) is 13.3 Å². The fourth-order valence-electron chi connectivity index (χ4n) is 5.00. The molecular formula is C19H17BrN2O4. The molecule has 6 nitrogen and oxygen atoms in total. The lowest BCUT2D eigenvalue weighted by Crippen LogP contribution is -2.40. The van der Waals surface area contributed by atoms with Crippen molar-refractivity contribution >= 4 is 34.0 Å². The van der Waals surface area contributed by atoms with Gasteiger partial charge in [0.1, 0.15) is 0 Å². The van der Waals surface area contributed by atoms with Gasteiger partial charge in [-0.05, 0) is 63.7 Å². The topological polar surface area (TPSA) is 79.2 Å². The second-order valence-electron chi connectivity index (χ2n) is 7.44. The molecule has 1 saturated heterocycles. The molecule has 7 heteroatoms. The van der Waals surface area contributed by atoms with Crippen molar-refractivity contribution in [3.05, 3.63) is 34.3 Å². The maximum atomic E-state index is 12.9. The number of carbonyl (C=O) groups excluding carboxylic acids is 2. The van der Waals surface area contributed by atoms with Crippen LogP contribution >= 0.6 is 15.9 Å². The lowest BCUT2D eigenvalue weighted by atomic mass is 9.63. The van der Waals surface area contributed by atoms with Crippen molar-refractivity contribution in [2.75, 3.05) is 7.11 Å². The summed E-state index contributed by atoms with van der Waals surface area (Å²) in [5, 5.41) is 15.1. The van der Waals surface area contributed by atoms with Crippen molar-refractivity contribution in [1.82, 2.24) is 5.01 Å². The molecule has 2 amide bonds. The molecule has 6 atom stereocenters. The SMILES string of the molecule is COc1cc(/C=N/N2C(=O)[C@@H]3[C@H]4C=C[C@H]([C@@H]5C[C@H]45)[C@@H]3C2=O)cc(Br)c1O. The van der Waals surface area contributed by atoms with Gasteiger partial charge in [-0.25, -0.2) is 0 Å². The molecule has 26 heavy (non-hydrogen) atoms. The number of nitrogens with zero attached hydrogens (tertiary/aromatic N) is 2. The number of carbonyl (C=O) groups is 2. The highest BCUT2D eigenvalue weighted by Gasteiger charge is 2.67. The third-order valence-electron chi connectivity index (χ3n) is 6.23. The van der Waals surface area contributed by atoms with Crippen LogP contribution in [0.25, 0.3) is 0 Å². The van der Waals surface area contributed by atoms with Crippen molar-refractivity contribution in [2.45, 2.75) is 6.42 Å². The second kappa shape index (κ2) is 5.42. The van der Waals surface area contributed by atoms with E-state index >= 15 is 0 Å². The molecule has 1 aromatic rings. The van der Waals surface area contributed by atoms with Crippen LogP contribution in [0, 0.1) is 35.5 Å². The lowest BCUT2D eigenvalue weighted by Gasteiger charge is -2.37. The minimum atomic E-state index is -0.250. The van der Waals surface area contributed by atoms with Gasteiger partial charge >= 0.3 is 0 Å². The molecule has 0 unspecified atom stereocenters. The Bertz CT molecular complexity index is 860. The van der Waals surface area contributed by atoms with Gasteiger partial charge in [0.15, 0.2) is 11.5 Å². The smallest absolute Gasteiger partial charge is 0.254 e. The number of hydrogen-bond donors (Lipinski definition) is 1. The molecule has 0 radical (unpaired) electrons. The Hall–Kier alpha value is -2.15. The Labute approximate surface area is 158 Å². The minimum absolute atomic E-state index is 0.00845. The van der Waals surface area contributed by atoms with Crippen molar-refractivity contribution in [3.8, 4) is 11.5 Å². The van der Waals surface area contributed by atoms with Crippen LogP contribution in [-0.2, 0) is 9.59 Å². The molecule has 134 valence electrons. The summed E-state index contributed by atoms with van der Waals surface area (Å²) >= 11 is 3.25. The molecule has 4 aliphatic carbocycles. The molecule has 0 aromatic heterocycles. The van der Waals surface area contributed by atoms with Crippen LogP contribution in [0.2, 0.25) is 0 Å². The number of imide groups is 1. The minimum Gasteiger partial charge on any atom is -0.503 e. The Kier molecular flexibility index (Phi) is 3.35. The summed E-state index contributed by atoms with van der Waals surface area (Å²) in [5.41, 5.74) is 0.617. The number of hydrazone groups is 1. The van der Waals surface area contributed by atoms with Gasteiger partial charge in [0.2, 0.25) is 0 Å². The van der Waals surface area contributed by atoms with Crippen LogP contribution in [-0.4, -0.2) is 35.3 Å². The first-order valence-corrected chi connectivity index (χ1v) is 9.47. The van der Waals surface area contributed by atoms with Gasteiger partial charge in [-0.3, -0.25) is 9.59 Å². The summed E-state index contributed by atoms with van der Waals surface area (Å²) in [6.45, 7) is 0. The van der Waals surface area contributed by atoms with E-state index in [4.69, 9.17) is 4.74 Å². The molecule has 1 N–H and O–H groups in total. The maximum Gasteiger partial charge on any atom is 0.254 e. The highest BCUT2D eigenvalue weighted by Crippen LogP contribution is 2.65. The Morgan fingerprint density at radius 3 is 2.38 bits per heavy atom. The molecule has 1 aliphatic heterocycles. The molecule has 0 spiro atoms. The van der Waals surface area contributed by atoms with Gasteiger partial charge in [0.25, 0.3) is 11.8 Å². The van der Waals surface area contributed by atoms with Crippen molar-refractivity contribution in [1.29, 1.82) is 0 Å². The second-order valence-corrected chi connectivity index (χ2v) is 8.30. The predicted molar refractivity (Wildman–Crippen MR) is 96.5 cm³/mol. The van der Waals surface area contributed by atoms with E-state index in [0.717, 1.165) is 11.4 Å². The fourth-order valence-corrected chi connectivity index (χ4v) is 5.46. The number of phenols is 1. The number of benzene rings is 1. The van der Waals surface area contributed by atoms with Gasteiger partial charge < -0.3 is 9.84 Å². The first-order valence-electron chi connectivity index (χ1n) is 8.68. The van der Waals surface area contributed by atoms with Crippen LogP contribution in [0.1, 0.15) is 12.0 Å². The molecule has 5 aliphatic rings. The van der Waals surface area contributed by atoms with Gasteiger partial charge in [-0.2, -0.15) is 10.1 Å². The Morgan fingerprint density at radius 2 is 1.81 bits per heavy atom. The van der Waals surface area contributed by atoms with Crippen molar-refractivity contribution < 1.29 is 19.4 Å². The number of methoxy groups -OCH3 is 1. The van der Waals surface area contributed by atoms with Gasteiger partial charge in [-0.15, -0.1) is 0 Å². The van der Waals surface area contributed by atoms with Crippen LogP contribution in [0.4, 0.5) is 0 Å². The molecule has 3 fully saturated rings. The Morgan fingerprint density at radius 1 is 1.19 bits per heavy atom. The van der Waals surface area contributed by atoms with E-state index in [1.807, 2.05) is 0 Å². The van der Waals surface area contributed by atoms with E-state index in [1.54, 1.807) is 12.1 Å². The largest absolute Gasteiger partial charge is 0.503 e. The molecule has 2 saturated carbocycles. The third-order valence-corrected chi connectivity index (χ3v) is 6.84. The Balaban J connectivity index is 1.44. The van der Waals surface area contributed by atoms with Crippen molar-refractivity contribution in [2.24, 2.45) is 40.6 Å². The first kappa shape index (κ1) is 16.1. The summed E-state index contributed by atoms with van der Waals surface area (Å²) < 4.78 is 5.57. The first-order chi connectivity index (χ1) is 12.5. The number of halogens is 1. The number of phenolic OH excluding ortho intramolecular Hbond substituents is 1. The monoisotopic (exact) mass is 416 g/mol. The molecule has 1 heterocycles. The molecule has 6 rings (SSSR count). The van der Waals surface area contributed by atoms with Crippen LogP contribution in [0.5, 0.6) is 11.5 Å². The fraction of sp³-hybridized carbons (Fsp3) is 0.421. The van der Waals surface area contributed by atoms with E-state index in [-0.39, 0.29) is 47.0 Å². The quantitative estimate of drug-likeness (QED) is 0.466. The van der Waals surface area contributed by atoms with E-state index in [0.29, 0.717) is 21.9 Å². The average Bonchev–Trinajstić information content (AvgIpc) is 3.41. The average molecular weight is 417 g/mol. The number of amides is 2. The van der Waals surface area contributed by atoms with Gasteiger partial charge in [-0.1, -0.05) is 12.2 Å². The number of aromatic hydroxyl groups is 1.